The van der Waals surface area contributed by atoms with Gasteiger partial charge in [0.25, 0.3) is 5.91 Å². The minimum Gasteiger partial charge on any atom is -0.478 e. The minimum atomic E-state index is -1.07. The highest BCUT2D eigenvalue weighted by molar-refractivity contribution is 9.10. The third-order valence-corrected chi connectivity index (χ3v) is 5.21. The van der Waals surface area contributed by atoms with Crippen LogP contribution in [0.4, 0.5) is 5.69 Å². The van der Waals surface area contributed by atoms with Gasteiger partial charge in [0.1, 0.15) is 11.3 Å². The van der Waals surface area contributed by atoms with Gasteiger partial charge in [-0.15, -0.1) is 0 Å². The molecular formula is C23H18BrClN2O3. The summed E-state index contributed by atoms with van der Waals surface area (Å²) in [5, 5.41) is 3.50. The Kier molecular flexibility index (Phi) is 5.54. The SMILES string of the molecule is CC(C)(Oc1ccc(Br)cc1)C(=O)Nc1cccc(-c2nc3cc(Cl)ccc3o2)c1. The molecule has 0 saturated heterocycles. The summed E-state index contributed by atoms with van der Waals surface area (Å²) in [6.45, 7) is 3.44. The van der Waals surface area contributed by atoms with E-state index in [1.807, 2.05) is 24.3 Å². The molecule has 1 aromatic heterocycles. The van der Waals surface area contributed by atoms with Crippen molar-refractivity contribution in [2.75, 3.05) is 5.32 Å². The summed E-state index contributed by atoms with van der Waals surface area (Å²) in [7, 11) is 0. The van der Waals surface area contributed by atoms with E-state index in [1.165, 1.54) is 0 Å². The zero-order chi connectivity index (χ0) is 21.3. The van der Waals surface area contributed by atoms with Crippen LogP contribution in [0, 0.1) is 0 Å². The second-order valence-corrected chi connectivity index (χ2v) is 8.58. The Balaban J connectivity index is 1.53. The summed E-state index contributed by atoms with van der Waals surface area (Å²) in [5.41, 5.74) is 1.61. The molecule has 30 heavy (non-hydrogen) atoms. The molecule has 152 valence electrons. The first-order valence-corrected chi connectivity index (χ1v) is 10.4. The first kappa shape index (κ1) is 20.4. The van der Waals surface area contributed by atoms with Gasteiger partial charge in [-0.05, 0) is 74.5 Å². The first-order valence-electron chi connectivity index (χ1n) is 9.23. The van der Waals surface area contributed by atoms with Crippen LogP contribution in [0.5, 0.6) is 5.75 Å². The van der Waals surface area contributed by atoms with Crippen molar-refractivity contribution < 1.29 is 13.9 Å². The third-order valence-electron chi connectivity index (χ3n) is 4.45. The zero-order valence-corrected chi connectivity index (χ0v) is 18.6. The monoisotopic (exact) mass is 484 g/mol. The van der Waals surface area contributed by atoms with Crippen molar-refractivity contribution in [1.82, 2.24) is 4.98 Å². The Labute approximate surface area is 187 Å². The summed E-state index contributed by atoms with van der Waals surface area (Å²) in [4.78, 5) is 17.3. The van der Waals surface area contributed by atoms with Crippen LogP contribution in [-0.4, -0.2) is 16.5 Å². The number of anilines is 1. The van der Waals surface area contributed by atoms with E-state index < -0.39 is 5.60 Å². The maximum Gasteiger partial charge on any atom is 0.267 e. The Morgan fingerprint density at radius 2 is 1.87 bits per heavy atom. The number of hydrogen-bond acceptors (Lipinski definition) is 4. The molecule has 7 heteroatoms. The second kappa shape index (κ2) is 8.13. The molecule has 5 nitrogen and oxygen atoms in total. The average Bonchev–Trinajstić information content (AvgIpc) is 3.13. The van der Waals surface area contributed by atoms with Gasteiger partial charge in [0, 0.05) is 20.7 Å². The van der Waals surface area contributed by atoms with E-state index in [2.05, 4.69) is 26.2 Å². The van der Waals surface area contributed by atoms with Gasteiger partial charge in [-0.3, -0.25) is 4.79 Å². The van der Waals surface area contributed by atoms with Gasteiger partial charge in [0.2, 0.25) is 5.89 Å². The lowest BCUT2D eigenvalue weighted by Crippen LogP contribution is -2.42. The molecule has 3 aromatic carbocycles. The number of amides is 1. The molecule has 1 amide bonds. The molecule has 0 bridgehead atoms. The molecule has 1 heterocycles. The van der Waals surface area contributed by atoms with Crippen molar-refractivity contribution in [3.63, 3.8) is 0 Å². The largest absolute Gasteiger partial charge is 0.478 e. The van der Waals surface area contributed by atoms with Crippen LogP contribution in [0.15, 0.2) is 75.6 Å². The molecule has 0 saturated carbocycles. The smallest absolute Gasteiger partial charge is 0.267 e. The highest BCUT2D eigenvalue weighted by atomic mass is 79.9. The zero-order valence-electron chi connectivity index (χ0n) is 16.3. The summed E-state index contributed by atoms with van der Waals surface area (Å²) < 4.78 is 12.6. The fourth-order valence-electron chi connectivity index (χ4n) is 2.88. The fourth-order valence-corrected chi connectivity index (χ4v) is 3.31. The topological polar surface area (TPSA) is 64.4 Å². The minimum absolute atomic E-state index is 0.271. The van der Waals surface area contributed by atoms with E-state index in [4.69, 9.17) is 20.8 Å². The van der Waals surface area contributed by atoms with Gasteiger partial charge in [-0.1, -0.05) is 33.6 Å². The van der Waals surface area contributed by atoms with Crippen LogP contribution in [0.1, 0.15) is 13.8 Å². The molecule has 0 aliphatic carbocycles. The van der Waals surface area contributed by atoms with Crippen molar-refractivity contribution >= 4 is 50.2 Å². The van der Waals surface area contributed by atoms with Crippen LogP contribution in [0.25, 0.3) is 22.6 Å². The predicted molar refractivity (Wildman–Crippen MR) is 122 cm³/mol. The van der Waals surface area contributed by atoms with Crippen LogP contribution in [0.2, 0.25) is 5.02 Å². The summed E-state index contributed by atoms with van der Waals surface area (Å²) in [6, 6.07) is 19.9. The maximum atomic E-state index is 12.8. The highest BCUT2D eigenvalue weighted by Crippen LogP contribution is 2.28. The number of carbonyl (C=O) groups excluding carboxylic acids is 1. The molecule has 4 rings (SSSR count). The molecule has 0 unspecified atom stereocenters. The van der Waals surface area contributed by atoms with E-state index in [-0.39, 0.29) is 5.91 Å². The molecule has 0 aliphatic rings. The number of nitrogens with one attached hydrogen (secondary N) is 1. The van der Waals surface area contributed by atoms with Crippen molar-refractivity contribution in [1.29, 1.82) is 0 Å². The van der Waals surface area contributed by atoms with Gasteiger partial charge < -0.3 is 14.5 Å². The standard InChI is InChI=1S/C23H18BrClN2O3/c1-23(2,30-18-9-6-15(24)7-10-18)22(28)26-17-5-3-4-14(12-17)21-27-19-13-16(25)8-11-20(19)29-21/h3-13H,1-2H3,(H,26,28). The second-order valence-electron chi connectivity index (χ2n) is 7.23. The highest BCUT2D eigenvalue weighted by Gasteiger charge is 2.30. The number of benzene rings is 3. The number of aromatic nitrogens is 1. The van der Waals surface area contributed by atoms with Crippen LogP contribution in [0.3, 0.4) is 0 Å². The molecular weight excluding hydrogens is 468 g/mol. The normalized spacial score (nSPS) is 11.5. The van der Waals surface area contributed by atoms with Crippen LogP contribution < -0.4 is 10.1 Å². The maximum absolute atomic E-state index is 12.8. The predicted octanol–water partition coefficient (Wildman–Crippen LogP) is 6.71. The van der Waals surface area contributed by atoms with E-state index in [9.17, 15) is 4.79 Å². The van der Waals surface area contributed by atoms with Gasteiger partial charge in [0.15, 0.2) is 11.2 Å². The molecule has 0 aliphatic heterocycles. The number of nitrogens with zero attached hydrogens (tertiary/aromatic N) is 1. The quantitative estimate of drug-likeness (QED) is 0.341. The first-order chi connectivity index (χ1) is 14.3. The number of halogens is 2. The number of ether oxygens (including phenoxy) is 1. The Hall–Kier alpha value is -2.83. The molecule has 0 atom stereocenters. The van der Waals surface area contributed by atoms with Crippen molar-refractivity contribution in [2.24, 2.45) is 0 Å². The molecule has 4 aromatic rings. The van der Waals surface area contributed by atoms with Crippen molar-refractivity contribution in [2.45, 2.75) is 19.4 Å². The lowest BCUT2D eigenvalue weighted by molar-refractivity contribution is -0.128. The van der Waals surface area contributed by atoms with E-state index in [0.717, 1.165) is 10.0 Å². The summed E-state index contributed by atoms with van der Waals surface area (Å²) in [5.74, 6) is 0.790. The summed E-state index contributed by atoms with van der Waals surface area (Å²) in [6.07, 6.45) is 0. The van der Waals surface area contributed by atoms with E-state index in [1.54, 1.807) is 56.3 Å². The van der Waals surface area contributed by atoms with E-state index in [0.29, 0.717) is 33.4 Å². The number of oxazole rings is 1. The molecule has 0 spiro atoms. The third kappa shape index (κ3) is 4.50. The van der Waals surface area contributed by atoms with Crippen LogP contribution in [-0.2, 0) is 4.79 Å². The van der Waals surface area contributed by atoms with Gasteiger partial charge in [-0.2, -0.15) is 0 Å². The Morgan fingerprint density at radius 3 is 2.63 bits per heavy atom. The molecule has 0 radical (unpaired) electrons. The average molecular weight is 486 g/mol. The number of carbonyl (C=O) groups is 1. The van der Waals surface area contributed by atoms with Crippen molar-refractivity contribution in [3.8, 4) is 17.2 Å². The fraction of sp³-hybridized carbons (Fsp3) is 0.130. The van der Waals surface area contributed by atoms with Gasteiger partial charge in [-0.25, -0.2) is 4.98 Å². The lowest BCUT2D eigenvalue weighted by Gasteiger charge is -2.25. The van der Waals surface area contributed by atoms with Crippen molar-refractivity contribution in [3.05, 3.63) is 76.2 Å². The lowest BCUT2D eigenvalue weighted by atomic mass is 10.1. The number of hydrogen-bond donors (Lipinski definition) is 1. The van der Waals surface area contributed by atoms with Crippen LogP contribution >= 0.6 is 27.5 Å². The molecule has 1 N–H and O–H groups in total. The number of fused-ring (bicyclic) bond motifs is 1. The Morgan fingerprint density at radius 1 is 1.10 bits per heavy atom. The van der Waals surface area contributed by atoms with Gasteiger partial charge in [0.05, 0.1) is 0 Å². The van der Waals surface area contributed by atoms with E-state index >= 15 is 0 Å². The number of rotatable bonds is 5. The molecule has 0 fully saturated rings. The Bertz CT molecular complexity index is 1220. The van der Waals surface area contributed by atoms with Gasteiger partial charge >= 0.3 is 0 Å². The summed E-state index contributed by atoms with van der Waals surface area (Å²) >= 11 is 9.41.